The fourth-order valence-electron chi connectivity index (χ4n) is 1.13. The Morgan fingerprint density at radius 3 is 2.62 bits per heavy atom. The second-order valence-electron chi connectivity index (χ2n) is 2.71. The van der Waals surface area contributed by atoms with Crippen molar-refractivity contribution >= 4 is 11.8 Å². The van der Waals surface area contributed by atoms with Crippen LogP contribution in [0.15, 0.2) is 11.8 Å². The maximum atomic E-state index is 11.2. The molecule has 0 radical (unpaired) electrons. The van der Waals surface area contributed by atoms with Crippen LogP contribution in [0.4, 0.5) is 0 Å². The number of hydrogen-bond acceptors (Lipinski definition) is 5. The van der Waals surface area contributed by atoms with Crippen LogP contribution in [0.5, 0.6) is 0 Å². The minimum absolute atomic E-state index is 0.158. The second-order valence-corrected chi connectivity index (χ2v) is 2.71. The van der Waals surface area contributed by atoms with Crippen molar-refractivity contribution in [1.29, 1.82) is 0 Å². The number of carbonyl (C=O) groups excluding carboxylic acids is 2. The number of hydrogen-bond donors (Lipinski definition) is 1. The van der Waals surface area contributed by atoms with Crippen molar-refractivity contribution in [3.63, 3.8) is 0 Å². The van der Waals surface area contributed by atoms with Gasteiger partial charge in [-0.3, -0.25) is 4.79 Å². The Kier molecular flexibility index (Phi) is 2.38. The van der Waals surface area contributed by atoms with Gasteiger partial charge in [0.15, 0.2) is 0 Å². The molecule has 0 amide bonds. The topological polar surface area (TPSA) is 72.8 Å². The van der Waals surface area contributed by atoms with Gasteiger partial charge < -0.3 is 14.6 Å². The van der Waals surface area contributed by atoms with Crippen molar-refractivity contribution in [2.45, 2.75) is 12.0 Å². The molecule has 0 saturated carbocycles. The van der Waals surface area contributed by atoms with Crippen LogP contribution in [0, 0.1) is 0 Å². The fraction of sp³-hybridized carbons (Fsp3) is 0.500. The van der Waals surface area contributed by atoms with E-state index in [4.69, 9.17) is 4.74 Å². The van der Waals surface area contributed by atoms with Crippen LogP contribution >= 0.6 is 0 Å². The zero-order valence-electron chi connectivity index (χ0n) is 7.36. The summed E-state index contributed by atoms with van der Waals surface area (Å²) in [4.78, 5) is 22.2. The monoisotopic (exact) mass is 186 g/mol. The summed E-state index contributed by atoms with van der Waals surface area (Å²) in [7, 11) is 2.47. The predicted molar refractivity (Wildman–Crippen MR) is 41.7 cm³/mol. The molecule has 0 aromatic rings. The van der Waals surface area contributed by atoms with Crippen molar-refractivity contribution in [1.82, 2.24) is 0 Å². The number of ketones is 1. The van der Waals surface area contributed by atoms with E-state index in [1.54, 1.807) is 0 Å². The fourth-order valence-corrected chi connectivity index (χ4v) is 1.13. The van der Waals surface area contributed by atoms with Gasteiger partial charge in [0.2, 0.25) is 11.4 Å². The molecule has 0 aliphatic heterocycles. The summed E-state index contributed by atoms with van der Waals surface area (Å²) in [6.07, 6.45) is 0.936. The predicted octanol–water partition coefficient (Wildman–Crippen LogP) is -0.606. The van der Waals surface area contributed by atoms with Crippen LogP contribution < -0.4 is 0 Å². The van der Waals surface area contributed by atoms with Crippen LogP contribution in [0.25, 0.3) is 0 Å². The summed E-state index contributed by atoms with van der Waals surface area (Å²) >= 11 is 0. The number of methoxy groups -OCH3 is 2. The first-order valence-electron chi connectivity index (χ1n) is 3.64. The van der Waals surface area contributed by atoms with E-state index in [0.717, 1.165) is 13.2 Å². The van der Waals surface area contributed by atoms with E-state index in [1.807, 2.05) is 0 Å². The van der Waals surface area contributed by atoms with E-state index < -0.39 is 17.4 Å². The van der Waals surface area contributed by atoms with E-state index in [0.29, 0.717) is 0 Å². The van der Waals surface area contributed by atoms with Crippen molar-refractivity contribution < 1.29 is 24.2 Å². The summed E-state index contributed by atoms with van der Waals surface area (Å²) in [6.45, 7) is 0. The van der Waals surface area contributed by atoms with Gasteiger partial charge in [-0.25, -0.2) is 4.79 Å². The van der Waals surface area contributed by atoms with Crippen molar-refractivity contribution in [3.05, 3.63) is 11.8 Å². The maximum absolute atomic E-state index is 11.2. The van der Waals surface area contributed by atoms with E-state index in [2.05, 4.69) is 4.74 Å². The average molecular weight is 186 g/mol. The van der Waals surface area contributed by atoms with E-state index in [9.17, 15) is 14.7 Å². The Labute approximate surface area is 74.9 Å². The molecular formula is C8H10O5. The minimum atomic E-state index is -2.08. The van der Waals surface area contributed by atoms with Gasteiger partial charge in [0.25, 0.3) is 0 Å². The lowest BCUT2D eigenvalue weighted by Gasteiger charge is -2.16. The number of aliphatic hydroxyl groups is 1. The normalized spacial score (nSPS) is 27.0. The van der Waals surface area contributed by atoms with Gasteiger partial charge in [-0.2, -0.15) is 0 Å². The highest BCUT2D eigenvalue weighted by Crippen LogP contribution is 2.27. The molecule has 0 heterocycles. The summed E-state index contributed by atoms with van der Waals surface area (Å²) in [5.74, 6) is -1.38. The molecule has 1 atom stereocenters. The van der Waals surface area contributed by atoms with Crippen molar-refractivity contribution in [3.8, 4) is 0 Å². The van der Waals surface area contributed by atoms with Crippen LogP contribution in [0.2, 0.25) is 0 Å². The lowest BCUT2D eigenvalue weighted by atomic mass is 10.0. The molecule has 13 heavy (non-hydrogen) atoms. The number of esters is 1. The third kappa shape index (κ3) is 1.42. The Morgan fingerprint density at radius 2 is 2.23 bits per heavy atom. The van der Waals surface area contributed by atoms with E-state index >= 15 is 0 Å². The van der Waals surface area contributed by atoms with Crippen LogP contribution in [0.1, 0.15) is 6.42 Å². The zero-order chi connectivity index (χ0) is 10.1. The average Bonchev–Trinajstić information content (AvgIpc) is 2.42. The molecule has 0 unspecified atom stereocenters. The van der Waals surface area contributed by atoms with Gasteiger partial charge in [0.1, 0.15) is 5.76 Å². The third-order valence-corrected chi connectivity index (χ3v) is 1.92. The SMILES string of the molecule is COC(=O)[C@]1(O)CC(OC)=CC1=O. The summed E-state index contributed by atoms with van der Waals surface area (Å²) in [5.41, 5.74) is -2.08. The molecule has 0 bridgehead atoms. The molecule has 0 aromatic carbocycles. The second kappa shape index (κ2) is 3.18. The highest BCUT2D eigenvalue weighted by atomic mass is 16.5. The van der Waals surface area contributed by atoms with E-state index in [-0.39, 0.29) is 12.2 Å². The molecule has 0 spiro atoms. The van der Waals surface area contributed by atoms with Crippen LogP contribution in [-0.4, -0.2) is 36.7 Å². The third-order valence-electron chi connectivity index (χ3n) is 1.92. The Bertz CT molecular complexity index is 280. The first-order valence-corrected chi connectivity index (χ1v) is 3.64. The van der Waals surface area contributed by atoms with Gasteiger partial charge in [-0.05, 0) is 0 Å². The number of ether oxygens (including phenoxy) is 2. The van der Waals surface area contributed by atoms with Gasteiger partial charge in [0, 0.05) is 6.08 Å². The zero-order valence-corrected chi connectivity index (χ0v) is 7.36. The number of rotatable bonds is 2. The Balaban J connectivity index is 2.87. The molecule has 0 saturated heterocycles. The van der Waals surface area contributed by atoms with Gasteiger partial charge >= 0.3 is 5.97 Å². The standard InChI is InChI=1S/C8H10O5/c1-12-5-3-6(9)8(11,4-5)7(10)13-2/h3,11H,4H2,1-2H3/t8-/m0/s1. The molecule has 0 fully saturated rings. The Hall–Kier alpha value is -1.36. The first-order chi connectivity index (χ1) is 6.04. The molecule has 1 N–H and O–H groups in total. The Morgan fingerprint density at radius 1 is 1.62 bits per heavy atom. The molecular weight excluding hydrogens is 176 g/mol. The van der Waals surface area contributed by atoms with Crippen LogP contribution in [0.3, 0.4) is 0 Å². The molecule has 1 aliphatic rings. The van der Waals surface area contributed by atoms with Gasteiger partial charge in [-0.15, -0.1) is 0 Å². The van der Waals surface area contributed by atoms with Crippen molar-refractivity contribution in [2.24, 2.45) is 0 Å². The molecule has 5 nitrogen and oxygen atoms in total. The molecule has 72 valence electrons. The maximum Gasteiger partial charge on any atom is 0.346 e. The van der Waals surface area contributed by atoms with Gasteiger partial charge in [-0.1, -0.05) is 0 Å². The van der Waals surface area contributed by atoms with Gasteiger partial charge in [0.05, 0.1) is 20.6 Å². The first kappa shape index (κ1) is 9.73. The highest BCUT2D eigenvalue weighted by molar-refractivity contribution is 6.14. The van der Waals surface area contributed by atoms with E-state index in [1.165, 1.54) is 7.11 Å². The highest BCUT2D eigenvalue weighted by Gasteiger charge is 2.49. The summed E-state index contributed by atoms with van der Waals surface area (Å²) < 4.78 is 9.05. The molecule has 1 rings (SSSR count). The summed E-state index contributed by atoms with van der Waals surface area (Å²) in [5, 5.41) is 9.57. The largest absolute Gasteiger partial charge is 0.501 e. The smallest absolute Gasteiger partial charge is 0.346 e. The summed E-state index contributed by atoms with van der Waals surface area (Å²) in [6, 6.07) is 0. The molecule has 5 heteroatoms. The lowest BCUT2D eigenvalue weighted by molar-refractivity contribution is -0.165. The lowest BCUT2D eigenvalue weighted by Crippen LogP contribution is -2.44. The van der Waals surface area contributed by atoms with Crippen molar-refractivity contribution in [2.75, 3.05) is 14.2 Å². The quantitative estimate of drug-likeness (QED) is 0.460. The molecule has 1 aliphatic carbocycles. The minimum Gasteiger partial charge on any atom is -0.501 e. The van der Waals surface area contributed by atoms with Crippen LogP contribution in [-0.2, 0) is 19.1 Å². The molecule has 0 aromatic heterocycles. The number of carbonyl (C=O) groups is 2.